The summed E-state index contributed by atoms with van der Waals surface area (Å²) in [5, 5.41) is 4.80. The van der Waals surface area contributed by atoms with Gasteiger partial charge in [-0.15, -0.1) is 0 Å². The quantitative estimate of drug-likeness (QED) is 0.858. The first-order valence-corrected chi connectivity index (χ1v) is 7.13. The molecule has 0 aromatic heterocycles. The summed E-state index contributed by atoms with van der Waals surface area (Å²) in [7, 11) is 0. The number of benzene rings is 2. The van der Waals surface area contributed by atoms with Crippen molar-refractivity contribution in [1.82, 2.24) is 5.32 Å². The molecule has 21 heavy (non-hydrogen) atoms. The lowest BCUT2D eigenvalue weighted by molar-refractivity contribution is -0.121. The molecule has 3 nitrogen and oxygen atoms in total. The second-order valence-electron chi connectivity index (χ2n) is 5.48. The van der Waals surface area contributed by atoms with Crippen LogP contribution in [-0.2, 0) is 4.79 Å². The van der Waals surface area contributed by atoms with Crippen LogP contribution in [0.3, 0.4) is 0 Å². The summed E-state index contributed by atoms with van der Waals surface area (Å²) in [6.07, 6.45) is 1.82. The number of allylic oxidation sites excluding steroid dienone is 1. The summed E-state index contributed by atoms with van der Waals surface area (Å²) in [6, 6.07) is 13.0. The van der Waals surface area contributed by atoms with Gasteiger partial charge in [-0.3, -0.25) is 9.59 Å². The molecule has 2 aromatic rings. The average molecular weight is 279 g/mol. The minimum Gasteiger partial charge on any atom is -0.342 e. The molecule has 1 N–H and O–H groups in total. The minimum absolute atomic E-state index is 0.0554. The zero-order chi connectivity index (χ0) is 14.8. The number of Topliss-reactive ketones (excluding diaryl/α,β-unsaturated/α-hetero) is 1. The maximum atomic E-state index is 12.5. The number of fused-ring (bicyclic) bond motifs is 1. The largest absolute Gasteiger partial charge is 0.342 e. The van der Waals surface area contributed by atoms with Gasteiger partial charge in [0.1, 0.15) is 0 Å². The Morgan fingerprint density at radius 3 is 2.71 bits per heavy atom. The zero-order valence-corrected chi connectivity index (χ0v) is 11.8. The highest BCUT2D eigenvalue weighted by Crippen LogP contribution is 2.21. The highest BCUT2D eigenvalue weighted by atomic mass is 16.2. The van der Waals surface area contributed by atoms with Crippen molar-refractivity contribution in [2.45, 2.75) is 25.3 Å². The van der Waals surface area contributed by atoms with E-state index in [4.69, 9.17) is 0 Å². The van der Waals surface area contributed by atoms with Crippen molar-refractivity contribution < 1.29 is 9.59 Å². The first-order valence-electron chi connectivity index (χ1n) is 7.13. The molecule has 0 bridgehead atoms. The van der Waals surface area contributed by atoms with E-state index < -0.39 is 0 Å². The Kier molecular flexibility index (Phi) is 3.57. The molecule has 1 saturated carbocycles. The van der Waals surface area contributed by atoms with Crippen LogP contribution in [-0.4, -0.2) is 17.7 Å². The van der Waals surface area contributed by atoms with Crippen molar-refractivity contribution in [3.8, 4) is 0 Å². The van der Waals surface area contributed by atoms with E-state index in [9.17, 15) is 9.59 Å². The van der Waals surface area contributed by atoms with Gasteiger partial charge in [0.25, 0.3) is 5.91 Å². The van der Waals surface area contributed by atoms with Gasteiger partial charge in [0.05, 0.1) is 6.04 Å². The molecule has 1 atom stereocenters. The normalized spacial score (nSPS) is 18.8. The van der Waals surface area contributed by atoms with Gasteiger partial charge in [-0.2, -0.15) is 0 Å². The van der Waals surface area contributed by atoms with Gasteiger partial charge in [0, 0.05) is 12.0 Å². The SMILES string of the molecule is C=C1CCC(NC(=O)c2cccc3ccccc23)C(=O)C1. The van der Waals surface area contributed by atoms with Crippen molar-refractivity contribution in [3.63, 3.8) is 0 Å². The number of nitrogens with one attached hydrogen (secondary N) is 1. The van der Waals surface area contributed by atoms with Gasteiger partial charge in [0.2, 0.25) is 0 Å². The first kappa shape index (κ1) is 13.6. The van der Waals surface area contributed by atoms with E-state index in [0.717, 1.165) is 22.8 Å². The third-order valence-electron chi connectivity index (χ3n) is 3.94. The molecule has 0 radical (unpaired) electrons. The maximum absolute atomic E-state index is 12.5. The van der Waals surface area contributed by atoms with Crippen molar-refractivity contribution in [2.24, 2.45) is 0 Å². The molecule has 1 unspecified atom stereocenters. The van der Waals surface area contributed by atoms with Crippen molar-refractivity contribution >= 4 is 22.5 Å². The van der Waals surface area contributed by atoms with Gasteiger partial charge < -0.3 is 5.32 Å². The molecule has 1 amide bonds. The molecule has 0 heterocycles. The molecule has 1 fully saturated rings. The lowest BCUT2D eigenvalue weighted by atomic mass is 9.90. The summed E-state index contributed by atoms with van der Waals surface area (Å²) >= 11 is 0. The molecule has 0 aliphatic heterocycles. The number of carbonyl (C=O) groups is 2. The van der Waals surface area contributed by atoms with Crippen LogP contribution in [0.2, 0.25) is 0 Å². The Hall–Kier alpha value is -2.42. The van der Waals surface area contributed by atoms with Gasteiger partial charge >= 0.3 is 0 Å². The fraction of sp³-hybridized carbons (Fsp3) is 0.222. The fourth-order valence-corrected chi connectivity index (χ4v) is 2.78. The summed E-state index contributed by atoms with van der Waals surface area (Å²) in [5.41, 5.74) is 1.57. The van der Waals surface area contributed by atoms with E-state index in [-0.39, 0.29) is 17.7 Å². The Bertz CT molecular complexity index is 728. The predicted molar refractivity (Wildman–Crippen MR) is 83.2 cm³/mol. The number of hydrogen-bond acceptors (Lipinski definition) is 2. The molecule has 1 aliphatic carbocycles. The van der Waals surface area contributed by atoms with E-state index in [1.807, 2.05) is 36.4 Å². The van der Waals surface area contributed by atoms with Gasteiger partial charge in [-0.05, 0) is 29.7 Å². The molecule has 0 spiro atoms. The van der Waals surface area contributed by atoms with Crippen LogP contribution in [0.5, 0.6) is 0 Å². The van der Waals surface area contributed by atoms with Crippen LogP contribution >= 0.6 is 0 Å². The van der Waals surface area contributed by atoms with Crippen LogP contribution in [0, 0.1) is 0 Å². The van der Waals surface area contributed by atoms with Crippen LogP contribution in [0.15, 0.2) is 54.6 Å². The molecular weight excluding hydrogens is 262 g/mol. The number of rotatable bonds is 2. The number of amides is 1. The summed E-state index contributed by atoms with van der Waals surface area (Å²) in [4.78, 5) is 24.4. The molecule has 2 aromatic carbocycles. The Labute approximate surface area is 123 Å². The van der Waals surface area contributed by atoms with Crippen LogP contribution in [0.4, 0.5) is 0 Å². The number of hydrogen-bond donors (Lipinski definition) is 1. The highest BCUT2D eigenvalue weighted by Gasteiger charge is 2.26. The second-order valence-corrected chi connectivity index (χ2v) is 5.48. The molecular formula is C18H17NO2. The zero-order valence-electron chi connectivity index (χ0n) is 11.8. The van der Waals surface area contributed by atoms with Gasteiger partial charge in [0.15, 0.2) is 5.78 Å². The van der Waals surface area contributed by atoms with E-state index in [1.54, 1.807) is 6.07 Å². The van der Waals surface area contributed by atoms with Crippen LogP contribution in [0.25, 0.3) is 10.8 Å². The molecule has 0 saturated heterocycles. The van der Waals surface area contributed by atoms with Crippen molar-refractivity contribution in [3.05, 3.63) is 60.2 Å². The fourth-order valence-electron chi connectivity index (χ4n) is 2.78. The van der Waals surface area contributed by atoms with Crippen molar-refractivity contribution in [1.29, 1.82) is 0 Å². The Balaban J connectivity index is 1.84. The van der Waals surface area contributed by atoms with Crippen LogP contribution < -0.4 is 5.32 Å². The minimum atomic E-state index is -0.387. The molecule has 106 valence electrons. The summed E-state index contributed by atoms with van der Waals surface area (Å²) in [6.45, 7) is 3.84. The molecule has 3 rings (SSSR count). The van der Waals surface area contributed by atoms with E-state index in [0.29, 0.717) is 18.4 Å². The number of ketones is 1. The Morgan fingerprint density at radius 2 is 1.90 bits per heavy atom. The van der Waals surface area contributed by atoms with E-state index in [2.05, 4.69) is 11.9 Å². The van der Waals surface area contributed by atoms with Gasteiger partial charge in [-0.25, -0.2) is 0 Å². The topological polar surface area (TPSA) is 46.2 Å². The smallest absolute Gasteiger partial charge is 0.252 e. The lowest BCUT2D eigenvalue weighted by Crippen LogP contribution is -2.42. The third-order valence-corrected chi connectivity index (χ3v) is 3.94. The van der Waals surface area contributed by atoms with Crippen molar-refractivity contribution in [2.75, 3.05) is 0 Å². The van der Waals surface area contributed by atoms with E-state index in [1.165, 1.54) is 0 Å². The molecule has 3 heteroatoms. The standard InChI is InChI=1S/C18H17NO2/c1-12-9-10-16(17(20)11-12)19-18(21)15-8-4-6-13-5-2-3-7-14(13)15/h2-8,16H,1,9-11H2,(H,19,21). The van der Waals surface area contributed by atoms with Gasteiger partial charge in [-0.1, -0.05) is 48.6 Å². The maximum Gasteiger partial charge on any atom is 0.252 e. The monoisotopic (exact) mass is 279 g/mol. The second kappa shape index (κ2) is 5.52. The number of carbonyl (C=O) groups excluding carboxylic acids is 2. The average Bonchev–Trinajstić information content (AvgIpc) is 2.49. The van der Waals surface area contributed by atoms with Crippen LogP contribution in [0.1, 0.15) is 29.6 Å². The highest BCUT2D eigenvalue weighted by molar-refractivity contribution is 6.08. The predicted octanol–water partition coefficient (Wildman–Crippen LogP) is 3.25. The Morgan fingerprint density at radius 1 is 1.14 bits per heavy atom. The van der Waals surface area contributed by atoms with E-state index >= 15 is 0 Å². The lowest BCUT2D eigenvalue weighted by Gasteiger charge is -2.23. The summed E-state index contributed by atoms with van der Waals surface area (Å²) < 4.78 is 0. The first-order chi connectivity index (χ1) is 10.1. The molecule has 1 aliphatic rings. The third kappa shape index (κ3) is 2.72. The summed E-state index contributed by atoms with van der Waals surface area (Å²) in [5.74, 6) is -0.127.